The lowest BCUT2D eigenvalue weighted by atomic mass is 10.0. The molecular weight excluding hydrogens is 388 g/mol. The zero-order chi connectivity index (χ0) is 19.9. The van der Waals surface area contributed by atoms with Gasteiger partial charge >= 0.3 is 0 Å². The highest BCUT2D eigenvalue weighted by Gasteiger charge is 2.22. The number of benzene rings is 2. The van der Waals surface area contributed by atoms with Crippen LogP contribution in [0.3, 0.4) is 0 Å². The Balaban J connectivity index is 0.00000300. The Bertz CT molecular complexity index is 926. The summed E-state index contributed by atoms with van der Waals surface area (Å²) in [5.41, 5.74) is 6.02. The largest absolute Gasteiger partial charge is 0.348 e. The number of nitrogens with zero attached hydrogens (tertiary/aromatic N) is 1. The number of amides is 2. The average Bonchev–Trinajstić information content (AvgIpc) is 3.26. The monoisotopic (exact) mass is 412 g/mol. The van der Waals surface area contributed by atoms with Crippen molar-refractivity contribution in [1.29, 1.82) is 0 Å². The summed E-state index contributed by atoms with van der Waals surface area (Å²) in [7, 11) is 0. The van der Waals surface area contributed by atoms with Crippen molar-refractivity contribution in [3.63, 3.8) is 0 Å². The van der Waals surface area contributed by atoms with E-state index in [9.17, 15) is 9.59 Å². The molecule has 0 aliphatic heterocycles. The Kier molecular flexibility index (Phi) is 7.99. The Morgan fingerprint density at radius 1 is 1.07 bits per heavy atom. The van der Waals surface area contributed by atoms with E-state index in [1.165, 1.54) is 11.9 Å². The number of H-pyrrole nitrogens is 1. The highest BCUT2D eigenvalue weighted by atomic mass is 32.1. The molecule has 0 aliphatic rings. The van der Waals surface area contributed by atoms with Crippen molar-refractivity contribution < 1.29 is 14.8 Å². The van der Waals surface area contributed by atoms with Crippen LogP contribution in [-0.4, -0.2) is 33.0 Å². The molecule has 8 heteroatoms. The summed E-state index contributed by atoms with van der Waals surface area (Å²) in [5, 5.41) is 11.6. The van der Waals surface area contributed by atoms with Gasteiger partial charge in [-0.05, 0) is 35.2 Å². The van der Waals surface area contributed by atoms with Gasteiger partial charge < -0.3 is 10.3 Å². The molecule has 3 aromatic rings. The Morgan fingerprint density at radius 2 is 1.69 bits per heavy atom. The van der Waals surface area contributed by atoms with Crippen molar-refractivity contribution in [3.05, 3.63) is 77.9 Å². The number of nitrogens with one attached hydrogen (secondary N) is 3. The first kappa shape index (κ1) is 22.2. The number of rotatable bonds is 7. The maximum Gasteiger partial charge on any atom is 0.266 e. The maximum atomic E-state index is 12.5. The van der Waals surface area contributed by atoms with Gasteiger partial charge in [0.1, 0.15) is 6.04 Å². The van der Waals surface area contributed by atoms with Gasteiger partial charge in [-0.15, -0.1) is 0 Å². The smallest absolute Gasteiger partial charge is 0.266 e. The summed E-state index contributed by atoms with van der Waals surface area (Å²) in [5.74, 6) is -1.10. The molecule has 1 heterocycles. The second-order valence-corrected chi connectivity index (χ2v) is 6.41. The molecule has 2 amide bonds. The number of carbonyl (C=O) groups excluding carboxylic acids is 2. The lowest BCUT2D eigenvalue weighted by Crippen LogP contribution is -2.47. The van der Waals surface area contributed by atoms with E-state index in [4.69, 9.17) is 5.21 Å². The minimum atomic E-state index is -0.931. The van der Waals surface area contributed by atoms with Crippen LogP contribution in [0.5, 0.6) is 0 Å². The predicted molar refractivity (Wildman–Crippen MR) is 115 cm³/mol. The number of aromatic nitrogens is 2. The molecule has 1 unspecified atom stereocenters. The molecule has 3 rings (SSSR count). The average molecular weight is 413 g/mol. The summed E-state index contributed by atoms with van der Waals surface area (Å²) in [6, 6.07) is 14.5. The molecule has 0 spiro atoms. The Labute approximate surface area is 176 Å². The van der Waals surface area contributed by atoms with Gasteiger partial charge in [0.15, 0.2) is 0 Å². The molecule has 1 aromatic heterocycles. The number of imidazole rings is 1. The van der Waals surface area contributed by atoms with Crippen LogP contribution in [0, 0.1) is 0 Å². The third-order valence-corrected chi connectivity index (χ3v) is 4.55. The van der Waals surface area contributed by atoms with Crippen LogP contribution in [0.4, 0.5) is 0 Å². The van der Waals surface area contributed by atoms with Gasteiger partial charge in [0.05, 0.1) is 6.33 Å². The highest BCUT2D eigenvalue weighted by molar-refractivity contribution is 7.59. The van der Waals surface area contributed by atoms with Gasteiger partial charge in [-0.2, -0.15) is 13.5 Å². The fraction of sp³-hybridized carbons (Fsp3) is 0.190. The fourth-order valence-corrected chi connectivity index (χ4v) is 2.89. The summed E-state index contributed by atoms with van der Waals surface area (Å²) < 4.78 is 0. The summed E-state index contributed by atoms with van der Waals surface area (Å²) in [6.07, 6.45) is 4.21. The molecule has 2 aromatic carbocycles. The topological polar surface area (TPSA) is 107 Å². The number of hydrogen-bond acceptors (Lipinski definition) is 4. The molecular formula is C21H24N4O3S. The summed E-state index contributed by atoms with van der Waals surface area (Å²) in [6.45, 7) is 2.11. The number of hydrogen-bond donors (Lipinski definition) is 4. The number of aryl methyl sites for hydroxylation is 1. The molecule has 7 nitrogen and oxygen atoms in total. The van der Waals surface area contributed by atoms with Crippen LogP contribution >= 0.6 is 13.5 Å². The Hall–Kier alpha value is -3.10. The van der Waals surface area contributed by atoms with Crippen molar-refractivity contribution in [2.75, 3.05) is 0 Å². The molecule has 0 bridgehead atoms. The molecule has 29 heavy (non-hydrogen) atoms. The van der Waals surface area contributed by atoms with Gasteiger partial charge in [-0.3, -0.25) is 14.8 Å². The van der Waals surface area contributed by atoms with E-state index in [0.29, 0.717) is 11.3 Å². The van der Waals surface area contributed by atoms with Gasteiger partial charge in [-0.1, -0.05) is 43.3 Å². The molecule has 0 saturated carbocycles. The van der Waals surface area contributed by atoms with Crippen molar-refractivity contribution in [2.45, 2.75) is 25.8 Å². The van der Waals surface area contributed by atoms with Crippen LogP contribution in [0.15, 0.2) is 61.1 Å². The second kappa shape index (κ2) is 10.4. The number of aromatic amines is 1. The molecule has 152 valence electrons. The number of carbonyl (C=O) groups is 2. The van der Waals surface area contributed by atoms with Crippen LogP contribution < -0.4 is 10.8 Å². The van der Waals surface area contributed by atoms with E-state index in [1.807, 2.05) is 12.1 Å². The van der Waals surface area contributed by atoms with Gasteiger partial charge in [0.25, 0.3) is 11.8 Å². The first-order valence-corrected chi connectivity index (χ1v) is 9.02. The number of hydroxylamine groups is 1. The summed E-state index contributed by atoms with van der Waals surface area (Å²) >= 11 is 0. The predicted octanol–water partition coefficient (Wildman–Crippen LogP) is 2.60. The maximum absolute atomic E-state index is 12.5. The van der Waals surface area contributed by atoms with Crippen LogP contribution in [0.25, 0.3) is 11.1 Å². The van der Waals surface area contributed by atoms with E-state index >= 15 is 0 Å². The molecule has 0 saturated heterocycles. The van der Waals surface area contributed by atoms with Crippen molar-refractivity contribution in [1.82, 2.24) is 20.8 Å². The van der Waals surface area contributed by atoms with Crippen molar-refractivity contribution in [2.24, 2.45) is 0 Å². The zero-order valence-corrected chi connectivity index (χ0v) is 17.0. The van der Waals surface area contributed by atoms with E-state index in [-0.39, 0.29) is 19.9 Å². The van der Waals surface area contributed by atoms with E-state index < -0.39 is 17.9 Å². The third-order valence-electron chi connectivity index (χ3n) is 4.55. The minimum Gasteiger partial charge on any atom is -0.348 e. The SMILES string of the molecule is CCc1ccc(-c2ccc(C(=O)NC(Cc3cnc[nH]3)C(=O)NO)cc2)cc1.S. The molecule has 4 N–H and O–H groups in total. The second-order valence-electron chi connectivity index (χ2n) is 6.41. The third kappa shape index (κ3) is 5.69. The van der Waals surface area contributed by atoms with E-state index in [2.05, 4.69) is 46.5 Å². The fourth-order valence-electron chi connectivity index (χ4n) is 2.89. The van der Waals surface area contributed by atoms with Crippen LogP contribution in [0.2, 0.25) is 0 Å². The first-order chi connectivity index (χ1) is 13.6. The lowest BCUT2D eigenvalue weighted by molar-refractivity contribution is -0.131. The van der Waals surface area contributed by atoms with Crippen molar-refractivity contribution >= 4 is 25.3 Å². The van der Waals surface area contributed by atoms with Crippen LogP contribution in [0.1, 0.15) is 28.5 Å². The van der Waals surface area contributed by atoms with Gasteiger partial charge in [0, 0.05) is 23.9 Å². The van der Waals surface area contributed by atoms with Crippen molar-refractivity contribution in [3.8, 4) is 11.1 Å². The van der Waals surface area contributed by atoms with E-state index in [1.54, 1.807) is 23.8 Å². The first-order valence-electron chi connectivity index (χ1n) is 9.02. The molecule has 0 radical (unpaired) electrons. The van der Waals surface area contributed by atoms with Gasteiger partial charge in [0.2, 0.25) is 0 Å². The van der Waals surface area contributed by atoms with Gasteiger partial charge in [-0.25, -0.2) is 10.5 Å². The van der Waals surface area contributed by atoms with Crippen LogP contribution in [-0.2, 0) is 17.6 Å². The molecule has 0 aliphatic carbocycles. The van der Waals surface area contributed by atoms with E-state index in [0.717, 1.165) is 17.5 Å². The normalized spacial score (nSPS) is 11.2. The quantitative estimate of drug-likeness (QED) is 0.353. The summed E-state index contributed by atoms with van der Waals surface area (Å²) in [4.78, 5) is 31.2. The minimum absolute atomic E-state index is 0. The Morgan fingerprint density at radius 3 is 2.21 bits per heavy atom. The highest BCUT2D eigenvalue weighted by Crippen LogP contribution is 2.20. The molecule has 0 fully saturated rings. The molecule has 1 atom stereocenters. The zero-order valence-electron chi connectivity index (χ0n) is 16.0. The standard InChI is InChI=1S/C21H22N4O3.H2S/c1-2-14-3-5-15(6-4-14)16-7-9-17(10-8-16)20(26)24-19(21(27)25-28)11-18-12-22-13-23-18;/h3-10,12-13,19,28H,2,11H2,1H3,(H,22,23)(H,24,26)(H,25,27);1H2. The lowest BCUT2D eigenvalue weighted by Gasteiger charge is -2.16.